The lowest BCUT2D eigenvalue weighted by molar-refractivity contribution is -0.0498. The van der Waals surface area contributed by atoms with Crippen molar-refractivity contribution in [3.05, 3.63) is 45.9 Å². The second-order valence-electron chi connectivity index (χ2n) is 6.55. The predicted molar refractivity (Wildman–Crippen MR) is 95.3 cm³/mol. The van der Waals surface area contributed by atoms with E-state index < -0.39 is 6.61 Å². The van der Waals surface area contributed by atoms with Gasteiger partial charge in [0, 0.05) is 24.2 Å². The summed E-state index contributed by atoms with van der Waals surface area (Å²) in [5.74, 6) is 1.04. The van der Waals surface area contributed by atoms with Gasteiger partial charge in [-0.3, -0.25) is 4.79 Å². The lowest BCUT2D eigenvalue weighted by atomic mass is 10.1. The average Bonchev–Trinajstić information content (AvgIpc) is 2.98. The lowest BCUT2D eigenvalue weighted by Crippen LogP contribution is -2.38. The first-order valence-electron chi connectivity index (χ1n) is 8.57. The zero-order valence-electron chi connectivity index (χ0n) is 14.6. The van der Waals surface area contributed by atoms with Gasteiger partial charge < -0.3 is 14.5 Å². The van der Waals surface area contributed by atoms with Gasteiger partial charge in [0.05, 0.1) is 23.8 Å². The zero-order chi connectivity index (χ0) is 19.1. The number of aryl methyl sites for hydroxylation is 1. The van der Waals surface area contributed by atoms with Gasteiger partial charge in [-0.25, -0.2) is 9.97 Å². The fourth-order valence-corrected chi connectivity index (χ4v) is 3.46. The minimum absolute atomic E-state index is 0.0260. The van der Waals surface area contributed by atoms with E-state index >= 15 is 0 Å². The van der Waals surface area contributed by atoms with Gasteiger partial charge in [-0.05, 0) is 31.5 Å². The predicted octanol–water partition coefficient (Wildman–Crippen LogP) is 3.41. The number of ether oxygens (including phenoxy) is 1. The molecule has 2 aromatic rings. The Balaban J connectivity index is 1.59. The summed E-state index contributed by atoms with van der Waals surface area (Å²) >= 11 is 5.87. The number of halogens is 3. The van der Waals surface area contributed by atoms with E-state index in [4.69, 9.17) is 11.6 Å². The number of hydrogen-bond donors (Lipinski definition) is 0. The van der Waals surface area contributed by atoms with Crippen molar-refractivity contribution in [3.8, 4) is 5.75 Å². The van der Waals surface area contributed by atoms with Crippen LogP contribution in [0.5, 0.6) is 5.75 Å². The number of carbonyl (C=O) groups is 1. The summed E-state index contributed by atoms with van der Waals surface area (Å²) in [4.78, 5) is 25.7. The van der Waals surface area contributed by atoms with Gasteiger partial charge in [0.2, 0.25) is 0 Å². The van der Waals surface area contributed by atoms with Crippen molar-refractivity contribution in [2.75, 3.05) is 18.0 Å². The van der Waals surface area contributed by atoms with E-state index in [1.165, 1.54) is 18.2 Å². The molecule has 0 radical (unpaired) electrons. The first kappa shape index (κ1) is 17.9. The smallest absolute Gasteiger partial charge is 0.387 e. The number of nitrogens with zero attached hydrogens (tertiary/aromatic N) is 4. The summed E-state index contributed by atoms with van der Waals surface area (Å²) in [6, 6.07) is 4.12. The molecule has 1 aromatic carbocycles. The highest BCUT2D eigenvalue weighted by atomic mass is 35.5. The molecule has 0 spiro atoms. The Bertz CT molecular complexity index is 905. The van der Waals surface area contributed by atoms with E-state index in [0.717, 1.165) is 36.6 Å². The van der Waals surface area contributed by atoms with Crippen LogP contribution in [0.15, 0.2) is 18.2 Å². The van der Waals surface area contributed by atoms with Crippen LogP contribution in [-0.2, 0) is 13.1 Å². The quantitative estimate of drug-likeness (QED) is 0.795. The molecule has 1 fully saturated rings. The van der Waals surface area contributed by atoms with Crippen molar-refractivity contribution in [2.45, 2.75) is 33.0 Å². The van der Waals surface area contributed by atoms with Crippen molar-refractivity contribution >= 4 is 23.3 Å². The minimum atomic E-state index is -3.01. The van der Waals surface area contributed by atoms with E-state index in [1.807, 2.05) is 6.92 Å². The molecule has 0 atom stereocenters. The molecule has 0 N–H and O–H groups in total. The highest BCUT2D eigenvalue weighted by molar-refractivity contribution is 6.32. The standard InChI is InChI=1S/C18H17ClF2N4O2/c1-10-22-14-9-25(8-12(14)16(23-10)24-5-2-6-24)17(26)11-3-4-13(19)15(7-11)27-18(20)21/h3-4,7,18H,2,5-6,8-9H2,1H3. The molecular formula is C18H17ClF2N4O2. The van der Waals surface area contributed by atoms with Crippen LogP contribution in [0.4, 0.5) is 14.6 Å². The Hall–Kier alpha value is -2.48. The Morgan fingerprint density at radius 1 is 1.26 bits per heavy atom. The molecule has 142 valence electrons. The highest BCUT2D eigenvalue weighted by Gasteiger charge is 2.32. The molecule has 1 saturated heterocycles. The third-order valence-corrected chi connectivity index (χ3v) is 5.02. The zero-order valence-corrected chi connectivity index (χ0v) is 15.3. The van der Waals surface area contributed by atoms with Gasteiger partial charge in [-0.15, -0.1) is 0 Å². The van der Waals surface area contributed by atoms with Crippen LogP contribution in [0.2, 0.25) is 5.02 Å². The van der Waals surface area contributed by atoms with Crippen LogP contribution in [0.25, 0.3) is 0 Å². The van der Waals surface area contributed by atoms with Gasteiger partial charge in [-0.2, -0.15) is 8.78 Å². The molecule has 0 unspecified atom stereocenters. The molecular weight excluding hydrogens is 378 g/mol. The summed E-state index contributed by atoms with van der Waals surface area (Å²) in [7, 11) is 0. The molecule has 27 heavy (non-hydrogen) atoms. The first-order valence-corrected chi connectivity index (χ1v) is 8.95. The molecule has 1 amide bonds. The molecule has 0 aliphatic carbocycles. The second-order valence-corrected chi connectivity index (χ2v) is 6.95. The largest absolute Gasteiger partial charge is 0.433 e. The molecule has 0 bridgehead atoms. The Morgan fingerprint density at radius 3 is 2.70 bits per heavy atom. The van der Waals surface area contributed by atoms with E-state index in [-0.39, 0.29) is 22.2 Å². The molecule has 2 aliphatic heterocycles. The van der Waals surface area contributed by atoms with Gasteiger partial charge in [0.1, 0.15) is 17.4 Å². The molecule has 3 heterocycles. The number of carbonyl (C=O) groups excluding carboxylic acids is 1. The van der Waals surface area contributed by atoms with Crippen molar-refractivity contribution in [3.63, 3.8) is 0 Å². The average molecular weight is 395 g/mol. The van der Waals surface area contributed by atoms with Gasteiger partial charge in [-0.1, -0.05) is 11.6 Å². The number of alkyl halides is 2. The molecule has 6 nitrogen and oxygen atoms in total. The third-order valence-electron chi connectivity index (χ3n) is 4.71. The maximum absolute atomic E-state index is 12.9. The number of fused-ring (bicyclic) bond motifs is 1. The number of aromatic nitrogens is 2. The van der Waals surface area contributed by atoms with E-state index in [9.17, 15) is 13.6 Å². The molecule has 1 aromatic heterocycles. The minimum Gasteiger partial charge on any atom is -0.433 e. The fourth-order valence-electron chi connectivity index (χ4n) is 3.30. The molecule has 9 heteroatoms. The maximum Gasteiger partial charge on any atom is 0.387 e. The second kappa shape index (κ2) is 6.92. The number of benzene rings is 1. The Kier molecular flexibility index (Phi) is 4.59. The summed E-state index contributed by atoms with van der Waals surface area (Å²) in [5.41, 5.74) is 2.01. The van der Waals surface area contributed by atoms with Crippen LogP contribution in [0, 0.1) is 6.92 Å². The van der Waals surface area contributed by atoms with Crippen molar-refractivity contribution in [2.24, 2.45) is 0 Å². The van der Waals surface area contributed by atoms with E-state index in [1.54, 1.807) is 4.90 Å². The topological polar surface area (TPSA) is 58.6 Å². The Labute approximate surface area is 159 Å². The monoisotopic (exact) mass is 394 g/mol. The third kappa shape index (κ3) is 3.41. The summed E-state index contributed by atoms with van der Waals surface area (Å²) < 4.78 is 29.4. The molecule has 0 saturated carbocycles. The SMILES string of the molecule is Cc1nc2c(c(N3CCC3)n1)CN(C(=O)c1ccc(Cl)c(OC(F)F)c1)C2. The van der Waals surface area contributed by atoms with Crippen LogP contribution >= 0.6 is 11.6 Å². The van der Waals surface area contributed by atoms with E-state index in [2.05, 4.69) is 19.6 Å². The summed E-state index contributed by atoms with van der Waals surface area (Å²) in [5, 5.41) is 0.0260. The fraction of sp³-hybridized carbons (Fsp3) is 0.389. The van der Waals surface area contributed by atoms with Crippen LogP contribution in [0.1, 0.15) is 33.9 Å². The highest BCUT2D eigenvalue weighted by Crippen LogP contribution is 2.33. The van der Waals surface area contributed by atoms with Gasteiger partial charge in [0.25, 0.3) is 5.91 Å². The van der Waals surface area contributed by atoms with Gasteiger partial charge in [0.15, 0.2) is 0 Å². The van der Waals surface area contributed by atoms with Crippen molar-refractivity contribution in [1.29, 1.82) is 0 Å². The van der Waals surface area contributed by atoms with E-state index in [0.29, 0.717) is 18.9 Å². The Morgan fingerprint density at radius 2 is 2.04 bits per heavy atom. The first-order chi connectivity index (χ1) is 12.9. The number of rotatable bonds is 4. The summed E-state index contributed by atoms with van der Waals surface area (Å²) in [6.45, 7) is 1.45. The molecule has 4 rings (SSSR count). The normalized spacial score (nSPS) is 15.7. The number of amides is 1. The number of anilines is 1. The van der Waals surface area contributed by atoms with Crippen LogP contribution < -0.4 is 9.64 Å². The van der Waals surface area contributed by atoms with Crippen LogP contribution in [0.3, 0.4) is 0 Å². The van der Waals surface area contributed by atoms with Crippen molar-refractivity contribution in [1.82, 2.24) is 14.9 Å². The maximum atomic E-state index is 12.9. The van der Waals surface area contributed by atoms with Crippen molar-refractivity contribution < 1.29 is 18.3 Å². The van der Waals surface area contributed by atoms with Crippen LogP contribution in [-0.4, -0.2) is 40.5 Å². The number of hydrogen-bond acceptors (Lipinski definition) is 5. The summed E-state index contributed by atoms with van der Waals surface area (Å²) in [6.07, 6.45) is 1.12. The lowest BCUT2D eigenvalue weighted by Gasteiger charge is -2.33. The van der Waals surface area contributed by atoms with Gasteiger partial charge >= 0.3 is 6.61 Å². The molecule has 2 aliphatic rings.